The number of methoxy groups -OCH3 is 1. The van der Waals surface area contributed by atoms with E-state index in [1.54, 1.807) is 18.2 Å². The smallest absolute Gasteiger partial charge is 0.481 e. The second kappa shape index (κ2) is 11.8. The SMILES string of the molecule is COc1nc(NCCc2ccc(OC(F)(F)F)cc2)cc(N2CCCC(CC(=O)O)C2)n1.Cl. The first-order valence-corrected chi connectivity index (χ1v) is 10.2. The summed E-state index contributed by atoms with van der Waals surface area (Å²) < 4.78 is 45.8. The molecule has 1 aliphatic rings. The van der Waals surface area contributed by atoms with E-state index in [1.807, 2.05) is 4.90 Å². The molecule has 2 heterocycles. The lowest BCUT2D eigenvalue weighted by Crippen LogP contribution is -2.37. The minimum atomic E-state index is -4.71. The van der Waals surface area contributed by atoms with Crippen LogP contribution in [0.15, 0.2) is 30.3 Å². The van der Waals surface area contributed by atoms with E-state index in [1.165, 1.54) is 19.2 Å². The van der Waals surface area contributed by atoms with Gasteiger partial charge >= 0.3 is 18.3 Å². The number of carboxylic acid groups (broad SMARTS) is 1. The van der Waals surface area contributed by atoms with Crippen LogP contribution in [0.1, 0.15) is 24.8 Å². The third-order valence-corrected chi connectivity index (χ3v) is 5.06. The average molecular weight is 491 g/mol. The van der Waals surface area contributed by atoms with Crippen molar-refractivity contribution in [2.75, 3.05) is 37.0 Å². The Balaban J connectivity index is 0.00000385. The third kappa shape index (κ3) is 8.49. The van der Waals surface area contributed by atoms with Crippen LogP contribution in [0.2, 0.25) is 0 Å². The summed E-state index contributed by atoms with van der Waals surface area (Å²) in [6.07, 6.45) is -2.30. The quantitative estimate of drug-likeness (QED) is 0.541. The number of benzene rings is 1. The topological polar surface area (TPSA) is 96.8 Å². The molecular formula is C21H26ClF3N4O4. The highest BCUT2D eigenvalue weighted by molar-refractivity contribution is 5.85. The Kier molecular flexibility index (Phi) is 9.39. The Labute approximate surface area is 195 Å². The average Bonchev–Trinajstić information content (AvgIpc) is 2.73. The largest absolute Gasteiger partial charge is 0.573 e. The van der Waals surface area contributed by atoms with Crippen LogP contribution in [0.4, 0.5) is 24.8 Å². The van der Waals surface area contributed by atoms with Crippen LogP contribution in [-0.2, 0) is 11.2 Å². The molecule has 1 atom stereocenters. The molecule has 33 heavy (non-hydrogen) atoms. The number of alkyl halides is 3. The van der Waals surface area contributed by atoms with Gasteiger partial charge in [-0.3, -0.25) is 4.79 Å². The van der Waals surface area contributed by atoms with Crippen LogP contribution in [0, 0.1) is 5.92 Å². The Morgan fingerprint density at radius 1 is 1.27 bits per heavy atom. The molecule has 12 heteroatoms. The monoisotopic (exact) mass is 490 g/mol. The van der Waals surface area contributed by atoms with Crippen LogP contribution >= 0.6 is 12.4 Å². The number of nitrogens with zero attached hydrogens (tertiary/aromatic N) is 3. The Morgan fingerprint density at radius 3 is 2.64 bits per heavy atom. The minimum absolute atomic E-state index is 0. The molecule has 182 valence electrons. The number of carbonyl (C=O) groups is 1. The molecule has 1 saturated heterocycles. The zero-order valence-electron chi connectivity index (χ0n) is 18.0. The van der Waals surface area contributed by atoms with Gasteiger partial charge in [0.2, 0.25) is 0 Å². The van der Waals surface area contributed by atoms with Gasteiger partial charge in [-0.25, -0.2) is 0 Å². The summed E-state index contributed by atoms with van der Waals surface area (Å²) in [4.78, 5) is 21.8. The number of ether oxygens (including phenoxy) is 2. The summed E-state index contributed by atoms with van der Waals surface area (Å²) >= 11 is 0. The van der Waals surface area contributed by atoms with Crippen molar-refractivity contribution in [1.29, 1.82) is 0 Å². The fraction of sp³-hybridized carbons (Fsp3) is 0.476. The fourth-order valence-electron chi connectivity index (χ4n) is 3.64. The normalized spacial score (nSPS) is 16.0. The second-order valence-corrected chi connectivity index (χ2v) is 7.52. The van der Waals surface area contributed by atoms with Gasteiger partial charge in [-0.05, 0) is 42.9 Å². The maximum absolute atomic E-state index is 12.3. The van der Waals surface area contributed by atoms with Crippen molar-refractivity contribution in [3.8, 4) is 11.8 Å². The fourth-order valence-corrected chi connectivity index (χ4v) is 3.64. The zero-order valence-corrected chi connectivity index (χ0v) is 18.8. The highest BCUT2D eigenvalue weighted by Crippen LogP contribution is 2.27. The van der Waals surface area contributed by atoms with Crippen molar-refractivity contribution in [3.05, 3.63) is 35.9 Å². The molecule has 0 radical (unpaired) electrons. The van der Waals surface area contributed by atoms with Gasteiger partial charge < -0.3 is 24.8 Å². The van der Waals surface area contributed by atoms with E-state index in [2.05, 4.69) is 20.0 Å². The number of nitrogens with one attached hydrogen (secondary N) is 1. The number of hydrogen-bond donors (Lipinski definition) is 2. The molecule has 0 bridgehead atoms. The number of anilines is 2. The maximum atomic E-state index is 12.3. The number of halogens is 4. The molecule has 1 aromatic heterocycles. The van der Waals surface area contributed by atoms with E-state index in [4.69, 9.17) is 9.84 Å². The molecule has 1 unspecified atom stereocenters. The van der Waals surface area contributed by atoms with Crippen molar-refractivity contribution in [2.24, 2.45) is 5.92 Å². The highest BCUT2D eigenvalue weighted by Gasteiger charge is 2.31. The molecule has 1 aliphatic heterocycles. The maximum Gasteiger partial charge on any atom is 0.573 e. The van der Waals surface area contributed by atoms with E-state index in [0.29, 0.717) is 31.1 Å². The standard InChI is InChI=1S/C21H25F3N4O4.ClH/c1-31-20-26-17(12-18(27-20)28-10-2-3-15(13-28)11-19(29)30)25-9-8-14-4-6-16(7-5-14)32-21(22,23)24;/h4-7,12,15H,2-3,8-11,13H2,1H3,(H,29,30)(H,25,26,27);1H. The van der Waals surface area contributed by atoms with Crippen molar-refractivity contribution < 1.29 is 32.5 Å². The molecule has 0 saturated carbocycles. The lowest BCUT2D eigenvalue weighted by atomic mass is 9.95. The number of carboxylic acids is 1. The molecule has 0 spiro atoms. The molecule has 1 fully saturated rings. The molecule has 8 nitrogen and oxygen atoms in total. The van der Waals surface area contributed by atoms with Crippen molar-refractivity contribution in [3.63, 3.8) is 0 Å². The van der Waals surface area contributed by atoms with Crippen LogP contribution in [-0.4, -0.2) is 54.2 Å². The van der Waals surface area contributed by atoms with Crippen LogP contribution < -0.4 is 19.7 Å². The summed E-state index contributed by atoms with van der Waals surface area (Å²) in [6, 6.07) is 7.68. The third-order valence-electron chi connectivity index (χ3n) is 5.06. The van der Waals surface area contributed by atoms with E-state index in [0.717, 1.165) is 24.9 Å². The molecular weight excluding hydrogens is 465 g/mol. The van der Waals surface area contributed by atoms with Gasteiger partial charge in [-0.2, -0.15) is 9.97 Å². The van der Waals surface area contributed by atoms with Crippen LogP contribution in [0.25, 0.3) is 0 Å². The van der Waals surface area contributed by atoms with Crippen LogP contribution in [0.3, 0.4) is 0 Å². The second-order valence-electron chi connectivity index (χ2n) is 7.52. The Morgan fingerprint density at radius 2 is 2.00 bits per heavy atom. The summed E-state index contributed by atoms with van der Waals surface area (Å²) in [6.45, 7) is 1.85. The van der Waals surface area contributed by atoms with Gasteiger partial charge in [0, 0.05) is 32.1 Å². The van der Waals surface area contributed by atoms with Crippen molar-refractivity contribution >= 4 is 30.0 Å². The number of aromatic nitrogens is 2. The first kappa shape index (κ1) is 26.3. The Hall–Kier alpha value is -2.95. The van der Waals surface area contributed by atoms with E-state index in [-0.39, 0.29) is 36.5 Å². The minimum Gasteiger partial charge on any atom is -0.481 e. The van der Waals surface area contributed by atoms with Gasteiger partial charge in [-0.15, -0.1) is 25.6 Å². The molecule has 2 N–H and O–H groups in total. The first-order chi connectivity index (χ1) is 15.2. The predicted octanol–water partition coefficient (Wildman–Crippen LogP) is 4.15. The lowest BCUT2D eigenvalue weighted by molar-refractivity contribution is -0.274. The summed E-state index contributed by atoms with van der Waals surface area (Å²) in [5.41, 5.74) is 0.834. The van der Waals surface area contributed by atoms with Gasteiger partial charge in [0.25, 0.3) is 0 Å². The molecule has 3 rings (SSSR count). The number of piperidine rings is 1. The van der Waals surface area contributed by atoms with Gasteiger partial charge in [-0.1, -0.05) is 12.1 Å². The van der Waals surface area contributed by atoms with Gasteiger partial charge in [0.05, 0.1) is 7.11 Å². The van der Waals surface area contributed by atoms with Crippen molar-refractivity contribution in [2.45, 2.75) is 32.0 Å². The lowest BCUT2D eigenvalue weighted by Gasteiger charge is -2.33. The van der Waals surface area contributed by atoms with Crippen LogP contribution in [0.5, 0.6) is 11.8 Å². The molecule has 2 aromatic rings. The van der Waals surface area contributed by atoms with E-state index < -0.39 is 12.3 Å². The van der Waals surface area contributed by atoms with Gasteiger partial charge in [0.1, 0.15) is 17.4 Å². The predicted molar refractivity (Wildman–Crippen MR) is 118 cm³/mol. The van der Waals surface area contributed by atoms with E-state index >= 15 is 0 Å². The number of hydrogen-bond acceptors (Lipinski definition) is 7. The van der Waals surface area contributed by atoms with Gasteiger partial charge in [0.15, 0.2) is 0 Å². The van der Waals surface area contributed by atoms with Crippen molar-refractivity contribution in [1.82, 2.24) is 9.97 Å². The summed E-state index contributed by atoms with van der Waals surface area (Å²) in [5, 5.41) is 12.3. The number of aliphatic carboxylic acids is 1. The Bertz CT molecular complexity index is 915. The zero-order chi connectivity index (χ0) is 23.1. The summed E-state index contributed by atoms with van der Waals surface area (Å²) in [7, 11) is 1.47. The first-order valence-electron chi connectivity index (χ1n) is 10.2. The molecule has 1 aromatic carbocycles. The molecule has 0 amide bonds. The van der Waals surface area contributed by atoms with E-state index in [9.17, 15) is 18.0 Å². The molecule has 0 aliphatic carbocycles. The highest BCUT2D eigenvalue weighted by atomic mass is 35.5. The summed E-state index contributed by atoms with van der Waals surface area (Å²) in [5.74, 6) is 0.190. The number of rotatable bonds is 9.